The first-order chi connectivity index (χ1) is 10.9. The summed E-state index contributed by atoms with van der Waals surface area (Å²) in [6, 6.07) is 30.6. The first kappa shape index (κ1) is 14.1. The Morgan fingerprint density at radius 2 is 0.909 bits per heavy atom. The van der Waals surface area contributed by atoms with Gasteiger partial charge in [0.1, 0.15) is 5.53 Å². The number of hydrogen-bond donors (Lipinski definition) is 1. The van der Waals surface area contributed by atoms with Crippen molar-refractivity contribution in [3.63, 3.8) is 0 Å². The third-order valence-corrected chi connectivity index (χ3v) is 7.68. The van der Waals surface area contributed by atoms with Gasteiger partial charge in [-0.1, -0.05) is 91.0 Å². The monoisotopic (exact) mass is 302 g/mol. The lowest BCUT2D eigenvalue weighted by molar-refractivity contribution is 1.02. The molecule has 0 unspecified atom stereocenters. The highest BCUT2D eigenvalue weighted by molar-refractivity contribution is 7.10. The Kier molecular flexibility index (Phi) is 4.05. The van der Waals surface area contributed by atoms with E-state index in [9.17, 15) is 0 Å². The van der Waals surface area contributed by atoms with E-state index in [1.54, 1.807) is 0 Å². The lowest BCUT2D eigenvalue weighted by atomic mass is 10.3. The fourth-order valence-electron chi connectivity index (χ4n) is 2.79. The maximum absolute atomic E-state index is 7.40. The largest absolute Gasteiger partial charge is 0.386 e. The zero-order valence-electron chi connectivity index (χ0n) is 12.1. The summed E-state index contributed by atoms with van der Waals surface area (Å²) < 4.78 is 4.50. The van der Waals surface area contributed by atoms with Crippen molar-refractivity contribution in [1.82, 2.24) is 4.91 Å². The van der Waals surface area contributed by atoms with Gasteiger partial charge in [0, 0.05) is 0 Å². The third kappa shape index (κ3) is 2.41. The summed E-state index contributed by atoms with van der Waals surface area (Å²) in [5, 5.41) is 3.38. The fourth-order valence-corrected chi connectivity index (χ4v) is 6.31. The lowest BCUT2D eigenvalue weighted by Crippen LogP contribution is -2.66. The van der Waals surface area contributed by atoms with Gasteiger partial charge in [0.15, 0.2) is 0 Å². The quantitative estimate of drug-likeness (QED) is 0.332. The number of benzene rings is 3. The summed E-state index contributed by atoms with van der Waals surface area (Å²) in [5.74, 6) is 0. The molecule has 0 aliphatic rings. The summed E-state index contributed by atoms with van der Waals surface area (Å²) in [6.45, 7) is 0. The van der Waals surface area contributed by atoms with E-state index in [-0.39, 0.29) is 0 Å². The number of nitrogens with zero attached hydrogens (tertiary/aromatic N) is 2. The molecule has 0 atom stereocenters. The van der Waals surface area contributed by atoms with Crippen LogP contribution in [0.2, 0.25) is 0 Å². The highest BCUT2D eigenvalue weighted by atomic mass is 28.3. The standard InChI is InChI=1S/C18H16N3Si/c19-20-21-22(16-10-4-1-5-11-16,17-12-6-2-7-13-17)18-14-8-3-9-15-18/h1-15,19H/q+1. The van der Waals surface area contributed by atoms with Gasteiger partial charge < -0.3 is 0 Å². The van der Waals surface area contributed by atoms with Crippen LogP contribution < -0.4 is 20.5 Å². The van der Waals surface area contributed by atoms with E-state index in [0.717, 1.165) is 15.6 Å². The average molecular weight is 302 g/mol. The molecule has 106 valence electrons. The maximum atomic E-state index is 7.40. The first-order valence-electron chi connectivity index (χ1n) is 7.13. The third-order valence-electron chi connectivity index (χ3n) is 3.77. The molecule has 0 amide bonds. The normalized spacial score (nSPS) is 10.7. The molecule has 22 heavy (non-hydrogen) atoms. The number of rotatable bonds is 4. The maximum Gasteiger partial charge on any atom is 0.386 e. The molecule has 0 aliphatic heterocycles. The molecule has 3 aromatic carbocycles. The van der Waals surface area contributed by atoms with Crippen molar-refractivity contribution in [3.8, 4) is 0 Å². The van der Waals surface area contributed by atoms with Crippen molar-refractivity contribution >= 4 is 23.8 Å². The van der Waals surface area contributed by atoms with Crippen molar-refractivity contribution in [1.29, 1.82) is 5.53 Å². The molecule has 3 rings (SSSR count). The van der Waals surface area contributed by atoms with Crippen molar-refractivity contribution < 1.29 is 0 Å². The second-order valence-electron chi connectivity index (χ2n) is 5.01. The second-order valence-corrected chi connectivity index (χ2v) is 8.36. The molecule has 0 heterocycles. The average Bonchev–Trinajstić information content (AvgIpc) is 2.62. The molecular weight excluding hydrogens is 286 g/mol. The van der Waals surface area contributed by atoms with Crippen molar-refractivity contribution in [2.75, 3.05) is 0 Å². The molecule has 4 heteroatoms. The number of nitrogens with one attached hydrogen (secondary N) is 1. The highest BCUT2D eigenvalue weighted by Crippen LogP contribution is 2.08. The Balaban J connectivity index is 2.37. The van der Waals surface area contributed by atoms with Crippen LogP contribution in [0.5, 0.6) is 0 Å². The van der Waals surface area contributed by atoms with Crippen LogP contribution in [-0.2, 0) is 0 Å². The molecule has 0 spiro atoms. The smallest absolute Gasteiger partial charge is 0.0623 e. The Bertz CT molecular complexity index is 686. The minimum absolute atomic E-state index is 1.13. The van der Waals surface area contributed by atoms with Crippen LogP contribution in [0.25, 0.3) is 0 Å². The van der Waals surface area contributed by atoms with E-state index in [1.165, 1.54) is 0 Å². The molecule has 1 N–H and O–H groups in total. The molecule has 0 saturated carbocycles. The Labute approximate surface area is 130 Å². The Morgan fingerprint density at radius 3 is 1.18 bits per heavy atom. The SMILES string of the molecule is N=[N+]=N[Si](c1ccccc1)(c1ccccc1)c1ccccc1. The summed E-state index contributed by atoms with van der Waals surface area (Å²) in [5.41, 5.74) is 7.40. The van der Waals surface area contributed by atoms with E-state index < -0.39 is 8.24 Å². The topological polar surface area (TPSA) is 50.3 Å². The molecule has 3 nitrogen and oxygen atoms in total. The molecule has 0 saturated heterocycles. The van der Waals surface area contributed by atoms with E-state index in [0.29, 0.717) is 0 Å². The predicted molar refractivity (Wildman–Crippen MR) is 91.3 cm³/mol. The van der Waals surface area contributed by atoms with Gasteiger partial charge in [-0.15, -0.1) is 0 Å². The minimum atomic E-state index is -2.65. The Hall–Kier alpha value is -2.81. The molecule has 3 aromatic rings. The minimum Gasteiger partial charge on any atom is -0.0623 e. The van der Waals surface area contributed by atoms with Gasteiger partial charge in [-0.3, -0.25) is 0 Å². The van der Waals surface area contributed by atoms with Crippen LogP contribution in [0, 0.1) is 5.53 Å². The fraction of sp³-hybridized carbons (Fsp3) is 0. The zero-order valence-corrected chi connectivity index (χ0v) is 13.1. The second kappa shape index (κ2) is 6.31. The van der Waals surface area contributed by atoms with Crippen LogP contribution in [0.4, 0.5) is 0 Å². The lowest BCUT2D eigenvalue weighted by Gasteiger charge is -2.21. The summed E-state index contributed by atoms with van der Waals surface area (Å²) in [7, 11) is -2.65. The molecular formula is C18H16N3Si+. The summed E-state index contributed by atoms with van der Waals surface area (Å²) >= 11 is 0. The first-order valence-corrected chi connectivity index (χ1v) is 9.08. The van der Waals surface area contributed by atoms with Crippen LogP contribution in [0.3, 0.4) is 0 Å². The Morgan fingerprint density at radius 1 is 0.591 bits per heavy atom. The van der Waals surface area contributed by atoms with Crippen LogP contribution in [0.1, 0.15) is 0 Å². The van der Waals surface area contributed by atoms with Gasteiger partial charge in [0.05, 0.1) is 4.78 Å². The molecule has 0 fully saturated rings. The van der Waals surface area contributed by atoms with E-state index >= 15 is 0 Å². The van der Waals surface area contributed by atoms with E-state index in [1.807, 2.05) is 54.6 Å². The van der Waals surface area contributed by atoms with Gasteiger partial charge >= 0.3 is 8.24 Å². The zero-order chi connectivity index (χ0) is 15.3. The van der Waals surface area contributed by atoms with Crippen LogP contribution in [-0.4, -0.2) is 8.24 Å². The van der Waals surface area contributed by atoms with E-state index in [2.05, 4.69) is 46.1 Å². The molecule has 0 aliphatic carbocycles. The van der Waals surface area contributed by atoms with Gasteiger partial charge in [-0.25, -0.2) is 0 Å². The number of hydrogen-bond acceptors (Lipinski definition) is 2. The summed E-state index contributed by atoms with van der Waals surface area (Å²) in [6.07, 6.45) is 0. The molecule has 0 radical (unpaired) electrons. The predicted octanol–water partition coefficient (Wildman–Crippen LogP) is 2.20. The van der Waals surface area contributed by atoms with Crippen molar-refractivity contribution in [2.24, 2.45) is 4.78 Å². The van der Waals surface area contributed by atoms with Gasteiger partial charge in [0.2, 0.25) is 4.91 Å². The highest BCUT2D eigenvalue weighted by Gasteiger charge is 2.47. The van der Waals surface area contributed by atoms with Gasteiger partial charge in [0.25, 0.3) is 0 Å². The van der Waals surface area contributed by atoms with Crippen LogP contribution >= 0.6 is 0 Å². The summed E-state index contributed by atoms with van der Waals surface area (Å²) in [4.78, 5) is 3.47. The van der Waals surface area contributed by atoms with Crippen LogP contribution in [0.15, 0.2) is 95.8 Å². The molecule has 0 aromatic heterocycles. The van der Waals surface area contributed by atoms with E-state index in [4.69, 9.17) is 5.53 Å². The van der Waals surface area contributed by atoms with Gasteiger partial charge in [-0.2, -0.15) is 0 Å². The van der Waals surface area contributed by atoms with Gasteiger partial charge in [-0.05, 0) is 15.6 Å². The van der Waals surface area contributed by atoms with Crippen molar-refractivity contribution in [3.05, 3.63) is 91.0 Å². The van der Waals surface area contributed by atoms with Crippen molar-refractivity contribution in [2.45, 2.75) is 0 Å². The molecule has 0 bridgehead atoms.